The minimum atomic E-state index is 0.287. The Morgan fingerprint density at radius 1 is 1.43 bits per heavy atom. The van der Waals surface area contributed by atoms with Gasteiger partial charge < -0.3 is 10.2 Å². The van der Waals surface area contributed by atoms with Crippen molar-refractivity contribution in [3.8, 4) is 0 Å². The summed E-state index contributed by atoms with van der Waals surface area (Å²) >= 11 is 0. The summed E-state index contributed by atoms with van der Waals surface area (Å²) in [7, 11) is 0. The summed E-state index contributed by atoms with van der Waals surface area (Å²) in [6.07, 6.45) is 5.05. The number of hydrogen-bond acceptors (Lipinski definition) is 2. The van der Waals surface area contributed by atoms with E-state index in [1.165, 1.54) is 25.7 Å². The van der Waals surface area contributed by atoms with E-state index in [2.05, 4.69) is 12.2 Å². The first-order valence-corrected chi connectivity index (χ1v) is 5.78. The molecule has 0 aromatic heterocycles. The van der Waals surface area contributed by atoms with Crippen LogP contribution in [0.5, 0.6) is 0 Å². The summed E-state index contributed by atoms with van der Waals surface area (Å²) in [6.45, 7) is 4.67. The summed E-state index contributed by atoms with van der Waals surface area (Å²) < 4.78 is 0. The van der Waals surface area contributed by atoms with Gasteiger partial charge >= 0.3 is 0 Å². The van der Waals surface area contributed by atoms with Crippen molar-refractivity contribution in [2.45, 2.75) is 38.6 Å². The van der Waals surface area contributed by atoms with Crippen LogP contribution in [0.2, 0.25) is 0 Å². The van der Waals surface area contributed by atoms with Crippen LogP contribution in [0.15, 0.2) is 0 Å². The fraction of sp³-hybridized carbons (Fsp3) is 0.909. The highest BCUT2D eigenvalue weighted by Crippen LogP contribution is 2.32. The van der Waals surface area contributed by atoms with Gasteiger partial charge in [0.25, 0.3) is 0 Å². The third-order valence-electron chi connectivity index (χ3n) is 3.36. The Morgan fingerprint density at radius 2 is 2.07 bits per heavy atom. The first-order valence-electron chi connectivity index (χ1n) is 5.78. The number of nitrogens with zero attached hydrogens (tertiary/aromatic N) is 1. The van der Waals surface area contributed by atoms with Crippen molar-refractivity contribution >= 4 is 5.91 Å². The lowest BCUT2D eigenvalue weighted by molar-refractivity contribution is -0.129. The molecule has 2 rings (SSSR count). The van der Waals surface area contributed by atoms with Gasteiger partial charge in [0, 0.05) is 19.1 Å². The van der Waals surface area contributed by atoms with E-state index in [-0.39, 0.29) is 5.91 Å². The van der Waals surface area contributed by atoms with E-state index >= 15 is 0 Å². The second-order valence-corrected chi connectivity index (χ2v) is 4.59. The highest BCUT2D eigenvalue weighted by molar-refractivity contribution is 5.78. The van der Waals surface area contributed by atoms with Crippen molar-refractivity contribution in [3.05, 3.63) is 0 Å². The fourth-order valence-electron chi connectivity index (χ4n) is 2.09. The van der Waals surface area contributed by atoms with Gasteiger partial charge in [0.1, 0.15) is 0 Å². The first kappa shape index (κ1) is 9.97. The molecule has 1 saturated carbocycles. The van der Waals surface area contributed by atoms with Crippen LogP contribution in [0.3, 0.4) is 0 Å². The second kappa shape index (κ2) is 4.30. The molecule has 1 aliphatic carbocycles. The molecule has 14 heavy (non-hydrogen) atoms. The zero-order chi connectivity index (χ0) is 9.97. The molecule has 2 aliphatic rings. The average Bonchev–Trinajstić information content (AvgIpc) is 2.90. The quantitative estimate of drug-likeness (QED) is 0.727. The molecule has 1 aliphatic heterocycles. The van der Waals surface area contributed by atoms with E-state index in [1.807, 2.05) is 4.90 Å². The third kappa shape index (κ3) is 2.47. The largest absolute Gasteiger partial charge is 0.342 e. The Balaban J connectivity index is 1.66. The van der Waals surface area contributed by atoms with Crippen molar-refractivity contribution in [2.75, 3.05) is 19.6 Å². The van der Waals surface area contributed by atoms with Gasteiger partial charge in [0.15, 0.2) is 0 Å². The molecule has 0 spiro atoms. The minimum absolute atomic E-state index is 0.287. The number of carbonyl (C=O) groups is 1. The fourth-order valence-corrected chi connectivity index (χ4v) is 2.09. The molecule has 3 heteroatoms. The highest BCUT2D eigenvalue weighted by Gasteiger charge is 2.28. The summed E-state index contributed by atoms with van der Waals surface area (Å²) in [6, 6.07) is 0.529. The maximum Gasteiger partial charge on any atom is 0.236 e. The van der Waals surface area contributed by atoms with Gasteiger partial charge in [0.05, 0.1) is 6.54 Å². The van der Waals surface area contributed by atoms with E-state index < -0.39 is 0 Å². The van der Waals surface area contributed by atoms with E-state index in [4.69, 9.17) is 0 Å². The molecule has 1 unspecified atom stereocenters. The SMILES string of the molecule is CC(NCC(=O)N1CCCC1)C1CC1. The second-order valence-electron chi connectivity index (χ2n) is 4.59. The Bertz CT molecular complexity index is 207. The van der Waals surface area contributed by atoms with E-state index in [0.717, 1.165) is 19.0 Å². The number of hydrogen-bond donors (Lipinski definition) is 1. The van der Waals surface area contributed by atoms with Gasteiger partial charge in [-0.25, -0.2) is 0 Å². The van der Waals surface area contributed by atoms with Crippen LogP contribution in [0.25, 0.3) is 0 Å². The maximum atomic E-state index is 11.7. The molecular formula is C11H20N2O. The standard InChI is InChI=1S/C11H20N2O/c1-9(10-4-5-10)12-8-11(14)13-6-2-3-7-13/h9-10,12H,2-8H2,1H3. The summed E-state index contributed by atoms with van der Waals surface area (Å²) in [5.74, 6) is 1.12. The van der Waals surface area contributed by atoms with Crippen LogP contribution in [-0.2, 0) is 4.79 Å². The van der Waals surface area contributed by atoms with Gasteiger partial charge in [-0.1, -0.05) is 0 Å². The van der Waals surface area contributed by atoms with Crippen molar-refractivity contribution in [1.29, 1.82) is 0 Å². The lowest BCUT2D eigenvalue weighted by Gasteiger charge is -2.18. The van der Waals surface area contributed by atoms with Crippen molar-refractivity contribution in [3.63, 3.8) is 0 Å². The molecule has 0 aromatic carbocycles. The van der Waals surface area contributed by atoms with Crippen LogP contribution < -0.4 is 5.32 Å². The number of likely N-dealkylation sites (tertiary alicyclic amines) is 1. The maximum absolute atomic E-state index is 11.7. The van der Waals surface area contributed by atoms with Crippen LogP contribution >= 0.6 is 0 Å². The Labute approximate surface area is 85.8 Å². The Hall–Kier alpha value is -0.570. The molecule has 0 radical (unpaired) electrons. The summed E-state index contributed by atoms with van der Waals surface area (Å²) in [4.78, 5) is 13.6. The van der Waals surface area contributed by atoms with Gasteiger partial charge in [-0.3, -0.25) is 4.79 Å². The Morgan fingerprint density at radius 3 is 2.64 bits per heavy atom. The van der Waals surface area contributed by atoms with Gasteiger partial charge in [0.2, 0.25) is 5.91 Å². The molecule has 1 N–H and O–H groups in total. The molecule has 1 amide bonds. The monoisotopic (exact) mass is 196 g/mol. The van der Waals surface area contributed by atoms with Gasteiger partial charge in [-0.05, 0) is 38.5 Å². The Kier molecular flexibility index (Phi) is 3.06. The van der Waals surface area contributed by atoms with Crippen LogP contribution in [0.1, 0.15) is 32.6 Å². The summed E-state index contributed by atoms with van der Waals surface area (Å²) in [5.41, 5.74) is 0. The third-order valence-corrected chi connectivity index (χ3v) is 3.36. The number of amides is 1. The first-order chi connectivity index (χ1) is 6.77. The predicted octanol–water partition coefficient (Wildman–Crippen LogP) is 0.997. The van der Waals surface area contributed by atoms with E-state index in [9.17, 15) is 4.79 Å². The molecule has 1 saturated heterocycles. The number of nitrogens with one attached hydrogen (secondary N) is 1. The van der Waals surface area contributed by atoms with Crippen LogP contribution in [-0.4, -0.2) is 36.5 Å². The average molecular weight is 196 g/mol. The predicted molar refractivity (Wildman–Crippen MR) is 56.0 cm³/mol. The van der Waals surface area contributed by atoms with Crippen molar-refractivity contribution < 1.29 is 4.79 Å². The topological polar surface area (TPSA) is 32.3 Å². The normalized spacial score (nSPS) is 23.9. The zero-order valence-electron chi connectivity index (χ0n) is 8.96. The molecule has 0 bridgehead atoms. The molecule has 80 valence electrons. The summed E-state index contributed by atoms with van der Waals surface area (Å²) in [5, 5.41) is 3.33. The molecule has 3 nitrogen and oxygen atoms in total. The lowest BCUT2D eigenvalue weighted by atomic mass is 10.2. The van der Waals surface area contributed by atoms with E-state index in [0.29, 0.717) is 12.6 Å². The van der Waals surface area contributed by atoms with Gasteiger partial charge in [-0.2, -0.15) is 0 Å². The molecular weight excluding hydrogens is 176 g/mol. The smallest absolute Gasteiger partial charge is 0.236 e. The minimum Gasteiger partial charge on any atom is -0.342 e. The highest BCUT2D eigenvalue weighted by atomic mass is 16.2. The zero-order valence-corrected chi connectivity index (χ0v) is 8.96. The van der Waals surface area contributed by atoms with Crippen molar-refractivity contribution in [1.82, 2.24) is 10.2 Å². The van der Waals surface area contributed by atoms with Crippen LogP contribution in [0, 0.1) is 5.92 Å². The van der Waals surface area contributed by atoms with Crippen LogP contribution in [0.4, 0.5) is 0 Å². The molecule has 1 heterocycles. The molecule has 2 fully saturated rings. The number of carbonyl (C=O) groups excluding carboxylic acids is 1. The number of rotatable bonds is 4. The molecule has 0 aromatic rings. The van der Waals surface area contributed by atoms with E-state index in [1.54, 1.807) is 0 Å². The molecule has 1 atom stereocenters. The van der Waals surface area contributed by atoms with Crippen molar-refractivity contribution in [2.24, 2.45) is 5.92 Å². The lowest BCUT2D eigenvalue weighted by Crippen LogP contribution is -2.40. The van der Waals surface area contributed by atoms with Gasteiger partial charge in [-0.15, -0.1) is 0 Å².